The number of hydrogen-bond acceptors (Lipinski definition) is 3. The van der Waals surface area contributed by atoms with Gasteiger partial charge in [0, 0.05) is 11.4 Å². The van der Waals surface area contributed by atoms with Crippen LogP contribution in [0.2, 0.25) is 5.02 Å². The molecule has 110 valence electrons. The molecule has 2 N–H and O–H groups in total. The fourth-order valence-corrected chi connectivity index (χ4v) is 2.50. The lowest BCUT2D eigenvalue weighted by atomic mass is 10.1. The number of thioether (sulfide) groups is 1. The summed E-state index contributed by atoms with van der Waals surface area (Å²) in [6, 6.07) is 14.4. The molecule has 0 saturated carbocycles. The number of amides is 1. The molecule has 2 aromatic carbocycles. The molecule has 2 aromatic rings. The Balaban J connectivity index is 1.95. The van der Waals surface area contributed by atoms with E-state index in [0.29, 0.717) is 10.6 Å². The van der Waals surface area contributed by atoms with Gasteiger partial charge < -0.3 is 10.4 Å². The third-order valence-electron chi connectivity index (χ3n) is 3.08. The molecule has 3 nitrogen and oxygen atoms in total. The summed E-state index contributed by atoms with van der Waals surface area (Å²) < 4.78 is 0. The maximum Gasteiger partial charge on any atom is 0.252 e. The lowest BCUT2D eigenvalue weighted by Gasteiger charge is -2.13. The Kier molecular flexibility index (Phi) is 5.67. The number of halogens is 1. The number of aliphatic hydroxyl groups is 1. The summed E-state index contributed by atoms with van der Waals surface area (Å²) in [5.41, 5.74) is 1.18. The van der Waals surface area contributed by atoms with Crippen molar-refractivity contribution in [2.75, 3.05) is 12.8 Å². The average Bonchev–Trinajstić information content (AvgIpc) is 2.52. The first-order valence-electron chi connectivity index (χ1n) is 6.46. The number of rotatable bonds is 5. The quantitative estimate of drug-likeness (QED) is 0.828. The summed E-state index contributed by atoms with van der Waals surface area (Å²) in [5.74, 6) is -0.291. The number of aliphatic hydroxyl groups excluding tert-OH is 1. The predicted molar refractivity (Wildman–Crippen MR) is 87.0 cm³/mol. The Morgan fingerprint density at radius 1 is 1.24 bits per heavy atom. The van der Waals surface area contributed by atoms with Crippen LogP contribution < -0.4 is 5.32 Å². The molecule has 0 aliphatic heterocycles. The van der Waals surface area contributed by atoms with E-state index in [-0.39, 0.29) is 12.5 Å². The van der Waals surface area contributed by atoms with Crippen molar-refractivity contribution < 1.29 is 9.90 Å². The first-order chi connectivity index (χ1) is 10.1. The third-order valence-corrected chi connectivity index (χ3v) is 4.15. The molecule has 0 fully saturated rings. The second kappa shape index (κ2) is 7.50. The second-order valence-electron chi connectivity index (χ2n) is 4.48. The Bertz CT molecular complexity index is 616. The van der Waals surface area contributed by atoms with Crippen LogP contribution in [0.3, 0.4) is 0 Å². The molecular formula is C16H16ClNO2S. The topological polar surface area (TPSA) is 49.3 Å². The Hall–Kier alpha value is -1.49. The SMILES string of the molecule is CSc1ccc([C@@H](O)CNC(=O)c2ccccc2Cl)cc1. The van der Waals surface area contributed by atoms with E-state index in [4.69, 9.17) is 11.6 Å². The van der Waals surface area contributed by atoms with Gasteiger partial charge in [-0.3, -0.25) is 4.79 Å². The molecule has 2 rings (SSSR count). The van der Waals surface area contributed by atoms with E-state index in [1.807, 2.05) is 30.5 Å². The van der Waals surface area contributed by atoms with Gasteiger partial charge in [0.05, 0.1) is 16.7 Å². The van der Waals surface area contributed by atoms with E-state index in [2.05, 4.69) is 5.32 Å². The van der Waals surface area contributed by atoms with Crippen molar-refractivity contribution in [3.05, 3.63) is 64.7 Å². The third kappa shape index (κ3) is 4.24. The highest BCUT2D eigenvalue weighted by molar-refractivity contribution is 7.98. The Morgan fingerprint density at radius 2 is 1.90 bits per heavy atom. The average molecular weight is 322 g/mol. The molecule has 0 bridgehead atoms. The van der Waals surface area contributed by atoms with Crippen molar-refractivity contribution >= 4 is 29.3 Å². The van der Waals surface area contributed by atoms with E-state index < -0.39 is 6.10 Å². The van der Waals surface area contributed by atoms with Gasteiger partial charge in [-0.05, 0) is 36.1 Å². The first-order valence-corrected chi connectivity index (χ1v) is 8.07. The largest absolute Gasteiger partial charge is 0.387 e. The van der Waals surface area contributed by atoms with Crippen LogP contribution in [0.25, 0.3) is 0 Å². The van der Waals surface area contributed by atoms with Crippen molar-refractivity contribution in [3.63, 3.8) is 0 Å². The monoisotopic (exact) mass is 321 g/mol. The van der Waals surface area contributed by atoms with Gasteiger partial charge in [0.15, 0.2) is 0 Å². The second-order valence-corrected chi connectivity index (χ2v) is 5.77. The van der Waals surface area contributed by atoms with Gasteiger partial charge >= 0.3 is 0 Å². The summed E-state index contributed by atoms with van der Waals surface area (Å²) in [4.78, 5) is 13.1. The number of carbonyl (C=O) groups excluding carboxylic acids is 1. The van der Waals surface area contributed by atoms with Crippen LogP contribution >= 0.6 is 23.4 Å². The molecule has 0 unspecified atom stereocenters. The lowest BCUT2D eigenvalue weighted by Crippen LogP contribution is -2.28. The fraction of sp³-hybridized carbons (Fsp3) is 0.188. The molecule has 1 amide bonds. The van der Waals surface area contributed by atoms with Crippen LogP contribution in [0.15, 0.2) is 53.4 Å². The van der Waals surface area contributed by atoms with Crippen molar-refractivity contribution in [1.29, 1.82) is 0 Å². The zero-order valence-corrected chi connectivity index (χ0v) is 13.1. The minimum Gasteiger partial charge on any atom is -0.387 e. The standard InChI is InChI=1S/C16H16ClNO2S/c1-21-12-8-6-11(7-9-12)15(19)10-18-16(20)13-4-2-3-5-14(13)17/h2-9,15,19H,10H2,1H3,(H,18,20)/t15-/m0/s1. The summed E-state index contributed by atoms with van der Waals surface area (Å²) in [6.45, 7) is 0.142. The normalized spacial score (nSPS) is 12.0. The molecule has 0 aliphatic rings. The summed E-state index contributed by atoms with van der Waals surface area (Å²) >= 11 is 7.60. The number of benzene rings is 2. The van der Waals surface area contributed by atoms with E-state index in [0.717, 1.165) is 10.5 Å². The minimum atomic E-state index is -0.743. The lowest BCUT2D eigenvalue weighted by molar-refractivity contribution is 0.0916. The maximum atomic E-state index is 12.0. The number of nitrogens with one attached hydrogen (secondary N) is 1. The van der Waals surface area contributed by atoms with E-state index in [9.17, 15) is 9.90 Å². The zero-order valence-electron chi connectivity index (χ0n) is 11.5. The zero-order chi connectivity index (χ0) is 15.2. The van der Waals surface area contributed by atoms with Crippen LogP contribution in [0, 0.1) is 0 Å². The van der Waals surface area contributed by atoms with Crippen molar-refractivity contribution in [2.45, 2.75) is 11.0 Å². The van der Waals surface area contributed by atoms with Gasteiger partial charge in [-0.2, -0.15) is 0 Å². The van der Waals surface area contributed by atoms with Crippen LogP contribution in [0.5, 0.6) is 0 Å². The summed E-state index contributed by atoms with van der Waals surface area (Å²) in [5, 5.41) is 13.2. The van der Waals surface area contributed by atoms with Crippen LogP contribution in [-0.2, 0) is 0 Å². The Morgan fingerprint density at radius 3 is 2.52 bits per heavy atom. The summed E-state index contributed by atoms with van der Waals surface area (Å²) in [6.07, 6.45) is 1.25. The van der Waals surface area contributed by atoms with Gasteiger partial charge in [0.25, 0.3) is 5.91 Å². The number of hydrogen-bond donors (Lipinski definition) is 2. The van der Waals surface area contributed by atoms with E-state index >= 15 is 0 Å². The molecule has 0 heterocycles. The van der Waals surface area contributed by atoms with Gasteiger partial charge in [0.2, 0.25) is 0 Å². The molecule has 1 atom stereocenters. The number of carbonyl (C=O) groups is 1. The van der Waals surface area contributed by atoms with E-state index in [1.165, 1.54) is 0 Å². The maximum absolute atomic E-state index is 12.0. The van der Waals surface area contributed by atoms with Crippen LogP contribution in [0.1, 0.15) is 22.0 Å². The smallest absolute Gasteiger partial charge is 0.252 e. The van der Waals surface area contributed by atoms with Gasteiger partial charge in [0.1, 0.15) is 0 Å². The minimum absolute atomic E-state index is 0.142. The Labute approximate surface area is 133 Å². The highest BCUT2D eigenvalue weighted by Crippen LogP contribution is 2.19. The van der Waals surface area contributed by atoms with Crippen LogP contribution in [0.4, 0.5) is 0 Å². The van der Waals surface area contributed by atoms with Crippen molar-refractivity contribution in [3.8, 4) is 0 Å². The molecule has 0 radical (unpaired) electrons. The molecule has 0 saturated heterocycles. The molecule has 0 aromatic heterocycles. The molecular weight excluding hydrogens is 306 g/mol. The highest BCUT2D eigenvalue weighted by atomic mass is 35.5. The first kappa shape index (κ1) is 15.9. The molecule has 0 aliphatic carbocycles. The molecule has 0 spiro atoms. The van der Waals surface area contributed by atoms with Crippen molar-refractivity contribution in [2.24, 2.45) is 0 Å². The highest BCUT2D eigenvalue weighted by Gasteiger charge is 2.12. The fourth-order valence-electron chi connectivity index (χ4n) is 1.87. The van der Waals surface area contributed by atoms with Crippen molar-refractivity contribution in [1.82, 2.24) is 5.32 Å². The van der Waals surface area contributed by atoms with Gasteiger partial charge in [-0.1, -0.05) is 35.9 Å². The molecule has 21 heavy (non-hydrogen) atoms. The van der Waals surface area contributed by atoms with E-state index in [1.54, 1.807) is 36.0 Å². The van der Waals surface area contributed by atoms with Crippen LogP contribution in [-0.4, -0.2) is 23.8 Å². The van der Waals surface area contributed by atoms with Gasteiger partial charge in [-0.25, -0.2) is 0 Å². The predicted octanol–water partition coefficient (Wildman–Crippen LogP) is 3.53. The molecule has 5 heteroatoms. The van der Waals surface area contributed by atoms with Gasteiger partial charge in [-0.15, -0.1) is 11.8 Å². The summed E-state index contributed by atoms with van der Waals surface area (Å²) in [7, 11) is 0.